The summed E-state index contributed by atoms with van der Waals surface area (Å²) in [7, 11) is 1.41. The standard InChI is InChI=1S/C56H90NO8P/c1-6-8-10-12-14-16-18-20-22-24-25-26-27-28-29-30-31-33-35-37-39-41-43-45-47-49-56(59)65-54(53-64-66(60,61)63-51-50-57(3,4)5)52-62-55(58)48-46-44-42-40-38-36-34-32-23-21-19-17-15-13-11-9-7-2/h8-11,14-17,20-23,25-26,28-29,31,33-34,36-37,39,54H,6-7,12-13,18-19,24,27,30,32,35,38,40-53H2,1-5H3/p+1/b10-8-,11-9-,16-14-,17-15-,22-20-,23-21-,26-25-,29-28-,33-31-,36-34-,39-37-. The SMILES string of the molecule is CC/C=C\C/C=C\C/C=C\C/C=C\C/C=C\C/C=C\C/C=C\CCCCCC(=O)OC(COC(=O)CCCCCC/C=C\C/C=C\C/C=C\C/C=C\CC)COP(=O)(O)OCC[N+](C)(C)C. The average Bonchev–Trinajstić information content (AvgIpc) is 3.27. The first kappa shape index (κ1) is 62.1. The smallest absolute Gasteiger partial charge is 0.462 e. The van der Waals surface area contributed by atoms with Crippen LogP contribution >= 0.6 is 7.82 Å². The van der Waals surface area contributed by atoms with E-state index >= 15 is 0 Å². The minimum atomic E-state index is -4.41. The maximum Gasteiger partial charge on any atom is 0.472 e. The van der Waals surface area contributed by atoms with E-state index in [0.717, 1.165) is 116 Å². The van der Waals surface area contributed by atoms with Crippen LogP contribution in [-0.2, 0) is 32.7 Å². The maximum absolute atomic E-state index is 12.8. The van der Waals surface area contributed by atoms with Crippen LogP contribution in [0.1, 0.15) is 155 Å². The number of rotatable bonds is 43. The van der Waals surface area contributed by atoms with E-state index in [1.54, 1.807) is 0 Å². The van der Waals surface area contributed by atoms with Crippen molar-refractivity contribution in [2.24, 2.45) is 0 Å². The van der Waals surface area contributed by atoms with Crippen LogP contribution in [0.15, 0.2) is 134 Å². The predicted molar refractivity (Wildman–Crippen MR) is 279 cm³/mol. The van der Waals surface area contributed by atoms with Gasteiger partial charge in [0, 0.05) is 12.8 Å². The molecule has 0 rings (SSSR count). The number of carbonyl (C=O) groups is 2. The van der Waals surface area contributed by atoms with E-state index in [2.05, 4.69) is 148 Å². The summed E-state index contributed by atoms with van der Waals surface area (Å²) in [4.78, 5) is 35.5. The van der Waals surface area contributed by atoms with E-state index in [1.165, 1.54) is 0 Å². The van der Waals surface area contributed by atoms with Crippen LogP contribution in [0.2, 0.25) is 0 Å². The van der Waals surface area contributed by atoms with Gasteiger partial charge in [-0.25, -0.2) is 4.57 Å². The third-order valence-electron chi connectivity index (χ3n) is 9.68. The molecule has 0 saturated heterocycles. The first-order valence-corrected chi connectivity index (χ1v) is 26.4. The quantitative estimate of drug-likeness (QED) is 0.0212. The molecule has 0 aliphatic heterocycles. The number of hydrogen-bond donors (Lipinski definition) is 1. The van der Waals surface area contributed by atoms with Crippen molar-refractivity contribution < 1.29 is 42.1 Å². The zero-order valence-electron chi connectivity index (χ0n) is 41.9. The summed E-state index contributed by atoms with van der Waals surface area (Å²) in [5, 5.41) is 0. The molecule has 0 aliphatic rings. The van der Waals surface area contributed by atoms with Gasteiger partial charge < -0.3 is 18.9 Å². The Kier molecular flexibility index (Phi) is 43.6. The number of hydrogen-bond acceptors (Lipinski definition) is 7. The van der Waals surface area contributed by atoms with Crippen molar-refractivity contribution in [2.75, 3.05) is 47.5 Å². The molecule has 0 bridgehead atoms. The van der Waals surface area contributed by atoms with Gasteiger partial charge in [-0.05, 0) is 109 Å². The van der Waals surface area contributed by atoms with Gasteiger partial charge >= 0.3 is 19.8 Å². The van der Waals surface area contributed by atoms with Gasteiger partial charge in [0.1, 0.15) is 19.8 Å². The molecule has 0 radical (unpaired) electrons. The molecule has 0 aromatic heterocycles. The number of phosphoric acid groups is 1. The molecule has 0 aromatic rings. The molecule has 0 aliphatic carbocycles. The molecule has 0 amide bonds. The van der Waals surface area contributed by atoms with Crippen LogP contribution < -0.4 is 0 Å². The lowest BCUT2D eigenvalue weighted by molar-refractivity contribution is -0.870. The van der Waals surface area contributed by atoms with Crippen LogP contribution in [0, 0.1) is 0 Å². The highest BCUT2D eigenvalue weighted by Crippen LogP contribution is 2.43. The molecule has 2 atom stereocenters. The lowest BCUT2D eigenvalue weighted by Crippen LogP contribution is -2.37. The van der Waals surface area contributed by atoms with Gasteiger partial charge in [0.15, 0.2) is 6.10 Å². The van der Waals surface area contributed by atoms with Crippen molar-refractivity contribution in [3.05, 3.63) is 134 Å². The fraction of sp³-hybridized carbons (Fsp3) is 0.571. The molecule has 372 valence electrons. The number of quaternary nitrogens is 1. The van der Waals surface area contributed by atoms with Gasteiger partial charge in [-0.1, -0.05) is 167 Å². The van der Waals surface area contributed by atoms with Crippen LogP contribution in [0.4, 0.5) is 0 Å². The van der Waals surface area contributed by atoms with E-state index in [-0.39, 0.29) is 26.1 Å². The Labute approximate surface area is 402 Å². The van der Waals surface area contributed by atoms with Gasteiger partial charge in [-0.3, -0.25) is 18.6 Å². The van der Waals surface area contributed by atoms with Crippen LogP contribution in [-0.4, -0.2) is 74.9 Å². The predicted octanol–water partition coefficient (Wildman–Crippen LogP) is 15.0. The van der Waals surface area contributed by atoms with Gasteiger partial charge in [0.2, 0.25) is 0 Å². The van der Waals surface area contributed by atoms with Crippen molar-refractivity contribution in [3.8, 4) is 0 Å². The van der Waals surface area contributed by atoms with Crippen molar-refractivity contribution in [1.82, 2.24) is 0 Å². The second-order valence-electron chi connectivity index (χ2n) is 17.1. The molecular formula is C56H91NO8P+. The van der Waals surface area contributed by atoms with Crippen LogP contribution in [0.3, 0.4) is 0 Å². The van der Waals surface area contributed by atoms with Crippen molar-refractivity contribution in [2.45, 2.75) is 161 Å². The highest BCUT2D eigenvalue weighted by atomic mass is 31.2. The highest BCUT2D eigenvalue weighted by molar-refractivity contribution is 7.47. The van der Waals surface area contributed by atoms with E-state index < -0.39 is 32.5 Å². The Bertz CT molecular complexity index is 1570. The summed E-state index contributed by atoms with van der Waals surface area (Å²) in [6.45, 7) is 4.09. The Morgan fingerprint density at radius 2 is 0.818 bits per heavy atom. The lowest BCUT2D eigenvalue weighted by atomic mass is 10.1. The zero-order chi connectivity index (χ0) is 48.5. The molecule has 0 spiro atoms. The van der Waals surface area contributed by atoms with Crippen molar-refractivity contribution >= 4 is 19.8 Å². The Balaban J connectivity index is 4.43. The number of esters is 2. The fourth-order valence-corrected chi connectivity index (χ4v) is 6.61. The maximum atomic E-state index is 12.8. The minimum absolute atomic E-state index is 0.0118. The number of likely N-dealkylation sites (N-methyl/N-ethyl adjacent to an activating group) is 1. The number of carbonyl (C=O) groups excluding carboxylic acids is 2. The molecule has 1 N–H and O–H groups in total. The number of phosphoric ester groups is 1. The Hall–Kier alpha value is -3.85. The second-order valence-corrected chi connectivity index (χ2v) is 18.5. The van der Waals surface area contributed by atoms with E-state index in [0.29, 0.717) is 23.9 Å². The topological polar surface area (TPSA) is 108 Å². The first-order valence-electron chi connectivity index (χ1n) is 24.9. The monoisotopic (exact) mass is 937 g/mol. The number of ether oxygens (including phenoxy) is 2. The third kappa shape index (κ3) is 49.6. The normalized spacial score (nSPS) is 14.6. The molecule has 2 unspecified atom stereocenters. The average molecular weight is 937 g/mol. The van der Waals surface area contributed by atoms with E-state index in [9.17, 15) is 19.0 Å². The van der Waals surface area contributed by atoms with Crippen molar-refractivity contribution in [1.29, 1.82) is 0 Å². The summed E-state index contributed by atoms with van der Waals surface area (Å²) < 4.78 is 34.4. The third-order valence-corrected chi connectivity index (χ3v) is 10.7. The molecular weight excluding hydrogens is 846 g/mol. The second kappa shape index (κ2) is 46.3. The summed E-state index contributed by atoms with van der Waals surface area (Å²) in [6, 6.07) is 0. The van der Waals surface area contributed by atoms with Crippen LogP contribution in [0.25, 0.3) is 0 Å². The molecule has 0 fully saturated rings. The minimum Gasteiger partial charge on any atom is -0.462 e. The molecule has 0 heterocycles. The van der Waals surface area contributed by atoms with Crippen LogP contribution in [0.5, 0.6) is 0 Å². The number of nitrogens with zero attached hydrogens (tertiary/aromatic N) is 1. The molecule has 9 nitrogen and oxygen atoms in total. The summed E-state index contributed by atoms with van der Waals surface area (Å²) in [5.74, 6) is -0.880. The number of unbranched alkanes of at least 4 members (excludes halogenated alkanes) is 7. The molecule has 10 heteroatoms. The summed E-state index contributed by atoms with van der Waals surface area (Å²) >= 11 is 0. The fourth-order valence-electron chi connectivity index (χ4n) is 5.87. The Morgan fingerprint density at radius 3 is 1.21 bits per heavy atom. The largest absolute Gasteiger partial charge is 0.472 e. The summed E-state index contributed by atoms with van der Waals surface area (Å²) in [6.07, 6.45) is 66.5. The van der Waals surface area contributed by atoms with Gasteiger partial charge in [-0.2, -0.15) is 0 Å². The first-order chi connectivity index (χ1) is 32.0. The number of allylic oxidation sites excluding steroid dienone is 22. The lowest BCUT2D eigenvalue weighted by Gasteiger charge is -2.24. The van der Waals surface area contributed by atoms with Gasteiger partial charge in [0.25, 0.3) is 0 Å². The Morgan fingerprint density at radius 1 is 0.470 bits per heavy atom. The zero-order valence-corrected chi connectivity index (χ0v) is 42.8. The molecule has 0 aromatic carbocycles. The van der Waals surface area contributed by atoms with E-state index in [4.69, 9.17) is 18.5 Å². The molecule has 66 heavy (non-hydrogen) atoms. The summed E-state index contributed by atoms with van der Waals surface area (Å²) in [5.41, 5.74) is 0. The van der Waals surface area contributed by atoms with Gasteiger partial charge in [-0.15, -0.1) is 0 Å². The highest BCUT2D eigenvalue weighted by Gasteiger charge is 2.27. The van der Waals surface area contributed by atoms with E-state index in [1.807, 2.05) is 21.1 Å². The molecule has 0 saturated carbocycles. The van der Waals surface area contributed by atoms with Crippen molar-refractivity contribution in [3.63, 3.8) is 0 Å². The van der Waals surface area contributed by atoms with Gasteiger partial charge in [0.05, 0.1) is 27.7 Å².